The van der Waals surface area contributed by atoms with Crippen molar-refractivity contribution in [2.75, 3.05) is 7.05 Å². The molecule has 35 heavy (non-hydrogen) atoms. The first-order valence-electron chi connectivity index (χ1n) is 11.3. The van der Waals surface area contributed by atoms with Gasteiger partial charge < -0.3 is 9.40 Å². The number of carbonyl (C=O) groups is 1. The Morgan fingerprint density at radius 2 is 1.97 bits per heavy atom. The number of halogens is 1. The molecule has 1 aliphatic rings. The Kier molecular flexibility index (Phi) is 6.23. The van der Waals surface area contributed by atoms with Gasteiger partial charge in [0.2, 0.25) is 0 Å². The number of aromatic amines is 1. The fourth-order valence-electron chi connectivity index (χ4n) is 4.20. The Bertz CT molecular complexity index is 1450. The molecule has 0 saturated heterocycles. The van der Waals surface area contributed by atoms with Crippen molar-refractivity contribution < 1.29 is 9.21 Å². The van der Waals surface area contributed by atoms with Crippen LogP contribution in [0.25, 0.3) is 10.9 Å². The third-order valence-electron chi connectivity index (χ3n) is 6.26. The molecular weight excluding hydrogens is 466 g/mol. The number of nitrogens with one attached hydrogen (secondary N) is 1. The van der Waals surface area contributed by atoms with Gasteiger partial charge in [-0.25, -0.2) is 9.99 Å². The highest BCUT2D eigenvalue weighted by Crippen LogP contribution is 2.34. The van der Waals surface area contributed by atoms with Crippen LogP contribution in [0.5, 0.6) is 0 Å². The normalized spacial score (nSPS) is 16.6. The lowest BCUT2D eigenvalue weighted by molar-refractivity contribution is -0.138. The second kappa shape index (κ2) is 9.48. The van der Waals surface area contributed by atoms with Crippen LogP contribution in [-0.4, -0.2) is 44.6 Å². The van der Waals surface area contributed by atoms with E-state index in [-0.39, 0.29) is 17.5 Å². The summed E-state index contributed by atoms with van der Waals surface area (Å²) in [6, 6.07) is 17.3. The van der Waals surface area contributed by atoms with Crippen LogP contribution >= 0.6 is 11.6 Å². The quantitative estimate of drug-likeness (QED) is 0.434. The van der Waals surface area contributed by atoms with Gasteiger partial charge in [-0.3, -0.25) is 14.5 Å². The highest BCUT2D eigenvalue weighted by Gasteiger charge is 2.37. The van der Waals surface area contributed by atoms with E-state index in [9.17, 15) is 9.59 Å². The zero-order valence-corrected chi connectivity index (χ0v) is 20.1. The minimum Gasteiger partial charge on any atom is -0.467 e. The van der Waals surface area contributed by atoms with Crippen LogP contribution in [0.4, 0.5) is 0 Å². The fourth-order valence-corrected chi connectivity index (χ4v) is 4.32. The second-order valence-corrected chi connectivity index (χ2v) is 9.03. The summed E-state index contributed by atoms with van der Waals surface area (Å²) in [4.78, 5) is 35.3. The first-order valence-corrected chi connectivity index (χ1v) is 11.7. The average molecular weight is 490 g/mol. The first-order chi connectivity index (χ1) is 16.9. The number of fused-ring (bicyclic) bond motifs is 1. The Morgan fingerprint density at radius 3 is 2.71 bits per heavy atom. The summed E-state index contributed by atoms with van der Waals surface area (Å²) in [7, 11) is 1.82. The minimum absolute atomic E-state index is 0.180. The molecule has 1 aliphatic heterocycles. The van der Waals surface area contributed by atoms with Crippen molar-refractivity contribution in [1.82, 2.24) is 19.9 Å². The van der Waals surface area contributed by atoms with Gasteiger partial charge in [-0.2, -0.15) is 5.10 Å². The zero-order chi connectivity index (χ0) is 24.5. The van der Waals surface area contributed by atoms with Crippen LogP contribution in [0.3, 0.4) is 0 Å². The van der Waals surface area contributed by atoms with Gasteiger partial charge in [0.25, 0.3) is 11.5 Å². The molecule has 3 heterocycles. The van der Waals surface area contributed by atoms with Gasteiger partial charge in [-0.05, 0) is 55.9 Å². The summed E-state index contributed by atoms with van der Waals surface area (Å²) in [6.45, 7) is 2.11. The number of likely N-dealkylation sites (N-methyl/N-ethyl adjacent to an activating group) is 1. The van der Waals surface area contributed by atoms with Crippen LogP contribution in [0.2, 0.25) is 5.02 Å². The number of hydrazone groups is 1. The Balaban J connectivity index is 1.39. The van der Waals surface area contributed by atoms with E-state index < -0.39 is 6.04 Å². The fraction of sp³-hybridized carbons (Fsp3) is 0.231. The predicted octanol–water partition coefficient (Wildman–Crippen LogP) is 4.37. The highest BCUT2D eigenvalue weighted by atomic mass is 35.5. The second-order valence-electron chi connectivity index (χ2n) is 8.59. The summed E-state index contributed by atoms with van der Waals surface area (Å²) in [5, 5.41) is 7.36. The van der Waals surface area contributed by atoms with Crippen molar-refractivity contribution in [2.45, 2.75) is 32.0 Å². The molecular formula is C26H24ClN5O3. The van der Waals surface area contributed by atoms with Crippen molar-refractivity contribution >= 4 is 34.1 Å². The molecule has 4 aromatic rings. The van der Waals surface area contributed by atoms with E-state index in [1.54, 1.807) is 42.7 Å². The average Bonchev–Trinajstić information content (AvgIpc) is 3.54. The molecule has 2 unspecified atom stereocenters. The van der Waals surface area contributed by atoms with Gasteiger partial charge in [-0.1, -0.05) is 35.9 Å². The SMILES string of the molecule is CC(C(=O)N1N=C(c2ccc(Cl)cc2)CC1c1ccco1)N(C)Cc1nc2ccccc2c(=O)[nH]1. The number of benzene rings is 2. The lowest BCUT2D eigenvalue weighted by atomic mass is 10.0. The molecule has 0 radical (unpaired) electrons. The van der Waals surface area contributed by atoms with Crippen molar-refractivity contribution in [3.63, 3.8) is 0 Å². The van der Waals surface area contributed by atoms with E-state index in [0.717, 1.165) is 11.3 Å². The molecule has 0 fully saturated rings. The summed E-state index contributed by atoms with van der Waals surface area (Å²) >= 11 is 6.04. The number of hydrogen-bond acceptors (Lipinski definition) is 6. The molecule has 5 rings (SSSR count). The van der Waals surface area contributed by atoms with E-state index in [0.29, 0.717) is 40.5 Å². The Morgan fingerprint density at radius 1 is 1.20 bits per heavy atom. The maximum Gasteiger partial charge on any atom is 0.260 e. The molecule has 1 N–H and O–H groups in total. The van der Waals surface area contributed by atoms with Gasteiger partial charge in [-0.15, -0.1) is 0 Å². The summed E-state index contributed by atoms with van der Waals surface area (Å²) in [5.41, 5.74) is 2.10. The number of rotatable bonds is 6. The topological polar surface area (TPSA) is 94.8 Å². The van der Waals surface area contributed by atoms with E-state index in [1.807, 2.05) is 43.1 Å². The minimum atomic E-state index is -0.530. The smallest absolute Gasteiger partial charge is 0.260 e. The lowest BCUT2D eigenvalue weighted by Gasteiger charge is -2.28. The maximum atomic E-state index is 13.6. The van der Waals surface area contributed by atoms with E-state index >= 15 is 0 Å². The summed E-state index contributed by atoms with van der Waals surface area (Å²) in [6.07, 6.45) is 2.12. The van der Waals surface area contributed by atoms with Crippen LogP contribution in [0, 0.1) is 0 Å². The molecule has 178 valence electrons. The van der Waals surface area contributed by atoms with Crippen molar-refractivity contribution in [3.05, 3.63) is 99.5 Å². The molecule has 2 atom stereocenters. The van der Waals surface area contributed by atoms with Gasteiger partial charge in [0.15, 0.2) is 0 Å². The van der Waals surface area contributed by atoms with E-state index in [4.69, 9.17) is 16.0 Å². The van der Waals surface area contributed by atoms with Gasteiger partial charge in [0.05, 0.1) is 35.5 Å². The maximum absolute atomic E-state index is 13.6. The number of para-hydroxylation sites is 1. The van der Waals surface area contributed by atoms with Crippen LogP contribution in [0.1, 0.15) is 36.5 Å². The van der Waals surface area contributed by atoms with E-state index in [2.05, 4.69) is 15.1 Å². The first kappa shape index (κ1) is 23.0. The molecule has 0 aliphatic carbocycles. The molecule has 9 heteroatoms. The van der Waals surface area contributed by atoms with Gasteiger partial charge in [0.1, 0.15) is 17.6 Å². The van der Waals surface area contributed by atoms with Crippen molar-refractivity contribution in [2.24, 2.45) is 5.10 Å². The molecule has 1 amide bonds. The lowest BCUT2D eigenvalue weighted by Crippen LogP contribution is -2.43. The predicted molar refractivity (Wildman–Crippen MR) is 134 cm³/mol. The largest absolute Gasteiger partial charge is 0.467 e. The van der Waals surface area contributed by atoms with Crippen molar-refractivity contribution in [1.29, 1.82) is 0 Å². The molecule has 0 saturated carbocycles. The van der Waals surface area contributed by atoms with Crippen LogP contribution < -0.4 is 5.56 Å². The van der Waals surface area contributed by atoms with Crippen molar-refractivity contribution in [3.8, 4) is 0 Å². The van der Waals surface area contributed by atoms with Gasteiger partial charge >= 0.3 is 0 Å². The Hall–Kier alpha value is -3.75. The summed E-state index contributed by atoms with van der Waals surface area (Å²) in [5.74, 6) is 0.979. The number of furan rings is 1. The van der Waals surface area contributed by atoms with Gasteiger partial charge in [0, 0.05) is 11.4 Å². The zero-order valence-electron chi connectivity index (χ0n) is 19.3. The standard InChI is InChI=1S/C26H24ClN5O3/c1-16(31(2)15-24-28-20-7-4-3-6-19(20)25(33)29-24)26(34)32-22(23-8-5-13-35-23)14-21(30-32)17-9-11-18(27)12-10-17/h3-13,16,22H,14-15H2,1-2H3,(H,28,29,33). The van der Waals surface area contributed by atoms with Crippen LogP contribution in [-0.2, 0) is 11.3 Å². The number of amides is 1. The molecule has 2 aromatic carbocycles. The van der Waals surface area contributed by atoms with E-state index in [1.165, 1.54) is 5.01 Å². The number of hydrogen-bond donors (Lipinski definition) is 1. The third-order valence-corrected chi connectivity index (χ3v) is 6.52. The Labute approximate surface area is 206 Å². The number of nitrogens with zero attached hydrogens (tertiary/aromatic N) is 4. The molecule has 0 bridgehead atoms. The summed E-state index contributed by atoms with van der Waals surface area (Å²) < 4.78 is 5.64. The molecule has 0 spiro atoms. The third kappa shape index (κ3) is 4.62. The molecule has 8 nitrogen and oxygen atoms in total. The highest BCUT2D eigenvalue weighted by molar-refractivity contribution is 6.30. The number of H-pyrrole nitrogens is 1. The molecule has 2 aromatic heterocycles. The number of aromatic nitrogens is 2. The number of carbonyl (C=O) groups excluding carboxylic acids is 1. The van der Waals surface area contributed by atoms with Crippen LogP contribution in [0.15, 0.2) is 81.2 Å². The monoisotopic (exact) mass is 489 g/mol.